The van der Waals surface area contributed by atoms with Gasteiger partial charge < -0.3 is 14.5 Å². The predicted octanol–water partition coefficient (Wildman–Crippen LogP) is 4.50. The van der Waals surface area contributed by atoms with Gasteiger partial charge in [0, 0.05) is 29.3 Å². The second-order valence-corrected chi connectivity index (χ2v) is 5.86. The van der Waals surface area contributed by atoms with Gasteiger partial charge in [-0.2, -0.15) is 0 Å². The van der Waals surface area contributed by atoms with Crippen LogP contribution in [-0.4, -0.2) is 18.0 Å². The van der Waals surface area contributed by atoms with Crippen LogP contribution in [0.4, 0.5) is 5.82 Å². The Balaban J connectivity index is 1.96. The third-order valence-electron chi connectivity index (χ3n) is 4.19. The quantitative estimate of drug-likeness (QED) is 0.713. The number of methoxy groups -OCH3 is 1. The SMILES string of the molecule is COc1cc2oc(C)c(C)c2cc1/C(C)=C/C(=O)Nc1ccccn1. The molecule has 3 rings (SSSR count). The van der Waals surface area contributed by atoms with E-state index >= 15 is 0 Å². The number of hydrogen-bond donors (Lipinski definition) is 1. The van der Waals surface area contributed by atoms with Crippen molar-refractivity contribution >= 4 is 28.3 Å². The topological polar surface area (TPSA) is 64.4 Å². The van der Waals surface area contributed by atoms with E-state index in [0.29, 0.717) is 11.6 Å². The molecule has 1 N–H and O–H groups in total. The van der Waals surface area contributed by atoms with Gasteiger partial charge in [0.25, 0.3) is 0 Å². The van der Waals surface area contributed by atoms with Crippen LogP contribution in [0.15, 0.2) is 47.0 Å². The van der Waals surface area contributed by atoms with Crippen molar-refractivity contribution in [3.63, 3.8) is 0 Å². The second-order valence-electron chi connectivity index (χ2n) is 5.86. The van der Waals surface area contributed by atoms with Gasteiger partial charge in [-0.15, -0.1) is 0 Å². The molecule has 5 heteroatoms. The number of amides is 1. The predicted molar refractivity (Wildman–Crippen MR) is 98.8 cm³/mol. The van der Waals surface area contributed by atoms with Crippen molar-refractivity contribution in [2.24, 2.45) is 0 Å². The van der Waals surface area contributed by atoms with Crippen LogP contribution in [-0.2, 0) is 4.79 Å². The van der Waals surface area contributed by atoms with Crippen LogP contribution in [0.2, 0.25) is 0 Å². The maximum absolute atomic E-state index is 12.2. The van der Waals surface area contributed by atoms with Gasteiger partial charge in [0.2, 0.25) is 5.91 Å². The fourth-order valence-electron chi connectivity index (χ4n) is 2.72. The number of carbonyl (C=O) groups excluding carboxylic acids is 1. The number of aryl methyl sites for hydroxylation is 2. The molecule has 1 amide bonds. The second kappa shape index (κ2) is 6.81. The van der Waals surface area contributed by atoms with E-state index in [1.807, 2.05) is 39.0 Å². The van der Waals surface area contributed by atoms with Gasteiger partial charge in [0.15, 0.2) is 0 Å². The van der Waals surface area contributed by atoms with Crippen LogP contribution < -0.4 is 10.1 Å². The van der Waals surface area contributed by atoms with Crippen molar-refractivity contribution in [1.29, 1.82) is 0 Å². The van der Waals surface area contributed by atoms with Gasteiger partial charge in [-0.1, -0.05) is 6.07 Å². The zero-order valence-electron chi connectivity index (χ0n) is 14.7. The molecule has 3 aromatic rings. The van der Waals surface area contributed by atoms with Crippen LogP contribution >= 0.6 is 0 Å². The number of furan rings is 1. The standard InChI is InChI=1S/C20H20N2O3/c1-12(9-20(23)22-19-7-5-6-8-21-19)15-10-16-13(2)14(3)25-18(16)11-17(15)24-4/h5-11H,1-4H3,(H,21,22,23)/b12-9+. The van der Waals surface area contributed by atoms with Gasteiger partial charge in [-0.05, 0) is 50.1 Å². The Labute approximate surface area is 146 Å². The number of ether oxygens (including phenoxy) is 1. The molecule has 5 nitrogen and oxygen atoms in total. The van der Waals surface area contributed by atoms with Crippen LogP contribution in [0.25, 0.3) is 16.5 Å². The summed E-state index contributed by atoms with van der Waals surface area (Å²) < 4.78 is 11.2. The summed E-state index contributed by atoms with van der Waals surface area (Å²) in [6.45, 7) is 5.83. The molecule has 0 radical (unpaired) electrons. The van der Waals surface area contributed by atoms with E-state index in [1.165, 1.54) is 0 Å². The molecule has 25 heavy (non-hydrogen) atoms. The lowest BCUT2D eigenvalue weighted by atomic mass is 10.0. The van der Waals surface area contributed by atoms with E-state index in [4.69, 9.17) is 9.15 Å². The van der Waals surface area contributed by atoms with Gasteiger partial charge in [0.1, 0.15) is 22.9 Å². The monoisotopic (exact) mass is 336 g/mol. The normalized spacial score (nSPS) is 11.6. The summed E-state index contributed by atoms with van der Waals surface area (Å²) in [6, 6.07) is 9.22. The summed E-state index contributed by atoms with van der Waals surface area (Å²) in [4.78, 5) is 16.3. The number of hydrogen-bond acceptors (Lipinski definition) is 4. The van der Waals surface area contributed by atoms with Crippen molar-refractivity contribution in [3.8, 4) is 5.75 Å². The van der Waals surface area contributed by atoms with Crippen LogP contribution in [0.5, 0.6) is 5.75 Å². The highest BCUT2D eigenvalue weighted by Gasteiger charge is 2.14. The van der Waals surface area contributed by atoms with Gasteiger partial charge in [0.05, 0.1) is 7.11 Å². The lowest BCUT2D eigenvalue weighted by molar-refractivity contribution is -0.111. The number of carbonyl (C=O) groups is 1. The van der Waals surface area contributed by atoms with E-state index in [9.17, 15) is 4.79 Å². The number of rotatable bonds is 4. The fraction of sp³-hybridized carbons (Fsp3) is 0.200. The molecular weight excluding hydrogens is 316 g/mol. The average molecular weight is 336 g/mol. The zero-order valence-corrected chi connectivity index (χ0v) is 14.7. The molecule has 0 saturated carbocycles. The average Bonchev–Trinajstić information content (AvgIpc) is 2.88. The number of fused-ring (bicyclic) bond motifs is 1. The third kappa shape index (κ3) is 3.40. The van der Waals surface area contributed by atoms with E-state index in [-0.39, 0.29) is 5.91 Å². The Hall–Kier alpha value is -3.08. The van der Waals surface area contributed by atoms with Crippen molar-refractivity contribution < 1.29 is 13.9 Å². The van der Waals surface area contributed by atoms with Crippen LogP contribution in [0.1, 0.15) is 23.8 Å². The van der Waals surface area contributed by atoms with Crippen molar-refractivity contribution in [1.82, 2.24) is 4.98 Å². The molecule has 0 unspecified atom stereocenters. The largest absolute Gasteiger partial charge is 0.496 e. The number of benzene rings is 1. The molecule has 2 aromatic heterocycles. The molecule has 1 aromatic carbocycles. The molecule has 0 fully saturated rings. The molecule has 0 spiro atoms. The first-order valence-corrected chi connectivity index (χ1v) is 7.98. The van der Waals surface area contributed by atoms with E-state index in [2.05, 4.69) is 10.3 Å². The first kappa shape index (κ1) is 16.8. The number of anilines is 1. The van der Waals surface area contributed by atoms with E-state index in [1.54, 1.807) is 31.5 Å². The summed E-state index contributed by atoms with van der Waals surface area (Å²) >= 11 is 0. The first-order chi connectivity index (χ1) is 12.0. The highest BCUT2D eigenvalue weighted by atomic mass is 16.5. The first-order valence-electron chi connectivity index (χ1n) is 7.98. The number of nitrogens with one attached hydrogen (secondary N) is 1. The van der Waals surface area contributed by atoms with E-state index < -0.39 is 0 Å². The third-order valence-corrected chi connectivity index (χ3v) is 4.19. The van der Waals surface area contributed by atoms with Crippen molar-refractivity contribution in [3.05, 3.63) is 59.5 Å². The highest BCUT2D eigenvalue weighted by Crippen LogP contribution is 2.34. The Morgan fingerprint density at radius 3 is 2.76 bits per heavy atom. The maximum Gasteiger partial charge on any atom is 0.249 e. The molecule has 0 aliphatic rings. The zero-order chi connectivity index (χ0) is 18.0. The van der Waals surface area contributed by atoms with Crippen LogP contribution in [0.3, 0.4) is 0 Å². The number of nitrogens with zero attached hydrogens (tertiary/aromatic N) is 1. The summed E-state index contributed by atoms with van der Waals surface area (Å²) in [5.74, 6) is 1.82. The minimum Gasteiger partial charge on any atom is -0.496 e. The molecule has 0 bridgehead atoms. The number of pyridine rings is 1. The molecule has 0 aliphatic carbocycles. The molecule has 2 heterocycles. The Morgan fingerprint density at radius 2 is 2.08 bits per heavy atom. The molecular formula is C20H20N2O3. The summed E-state index contributed by atoms with van der Waals surface area (Å²) in [7, 11) is 1.61. The molecule has 128 valence electrons. The summed E-state index contributed by atoms with van der Waals surface area (Å²) in [5, 5.41) is 3.77. The summed E-state index contributed by atoms with van der Waals surface area (Å²) in [6.07, 6.45) is 3.17. The Kier molecular flexibility index (Phi) is 4.57. The number of aromatic nitrogens is 1. The highest BCUT2D eigenvalue weighted by molar-refractivity contribution is 6.04. The lowest BCUT2D eigenvalue weighted by Gasteiger charge is -2.09. The molecule has 0 atom stereocenters. The maximum atomic E-state index is 12.2. The minimum atomic E-state index is -0.238. The van der Waals surface area contributed by atoms with Crippen molar-refractivity contribution in [2.75, 3.05) is 12.4 Å². The number of allylic oxidation sites excluding steroid dienone is 1. The lowest BCUT2D eigenvalue weighted by Crippen LogP contribution is -2.09. The minimum absolute atomic E-state index is 0.238. The smallest absolute Gasteiger partial charge is 0.249 e. The fourth-order valence-corrected chi connectivity index (χ4v) is 2.72. The molecule has 0 aliphatic heterocycles. The summed E-state index contributed by atoms with van der Waals surface area (Å²) in [5.41, 5.74) is 3.52. The van der Waals surface area contributed by atoms with Crippen LogP contribution in [0, 0.1) is 13.8 Å². The Morgan fingerprint density at radius 1 is 1.28 bits per heavy atom. The van der Waals surface area contributed by atoms with E-state index in [0.717, 1.165) is 33.4 Å². The Bertz CT molecular complexity index is 956. The van der Waals surface area contributed by atoms with Crippen molar-refractivity contribution in [2.45, 2.75) is 20.8 Å². The van der Waals surface area contributed by atoms with Gasteiger partial charge >= 0.3 is 0 Å². The molecule has 0 saturated heterocycles. The van der Waals surface area contributed by atoms with Gasteiger partial charge in [-0.3, -0.25) is 4.79 Å². The van der Waals surface area contributed by atoms with Gasteiger partial charge in [-0.25, -0.2) is 4.98 Å².